The standard InChI is InChI=1S/C16H19N3O2/c1-10(2)9-14-15(16(20)21)17-18-19(14)13-7-5-12(6-8-13)11(3)4/h5-9,11H,1-4H3,(H,20,21). The molecular weight excluding hydrogens is 266 g/mol. The summed E-state index contributed by atoms with van der Waals surface area (Å²) < 4.78 is 1.56. The quantitative estimate of drug-likeness (QED) is 0.933. The van der Waals surface area contributed by atoms with Gasteiger partial charge in [0.05, 0.1) is 5.69 Å². The average molecular weight is 285 g/mol. The lowest BCUT2D eigenvalue weighted by Gasteiger charge is -2.08. The zero-order valence-corrected chi connectivity index (χ0v) is 12.7. The van der Waals surface area contributed by atoms with E-state index in [0.717, 1.165) is 11.3 Å². The molecule has 0 amide bonds. The van der Waals surface area contributed by atoms with E-state index < -0.39 is 5.97 Å². The SMILES string of the molecule is CC(C)=Cc1c(C(=O)O)nnn1-c1ccc(C(C)C)cc1. The molecule has 110 valence electrons. The number of aromatic carboxylic acids is 1. The van der Waals surface area contributed by atoms with Crippen LogP contribution >= 0.6 is 0 Å². The highest BCUT2D eigenvalue weighted by Gasteiger charge is 2.18. The monoisotopic (exact) mass is 285 g/mol. The number of benzene rings is 1. The van der Waals surface area contributed by atoms with Gasteiger partial charge in [0.25, 0.3) is 0 Å². The predicted octanol–water partition coefficient (Wildman–Crippen LogP) is 3.51. The molecule has 0 radical (unpaired) electrons. The normalized spacial score (nSPS) is 10.7. The number of carboxylic acid groups (broad SMARTS) is 1. The van der Waals surface area contributed by atoms with Gasteiger partial charge in [-0.15, -0.1) is 5.10 Å². The number of rotatable bonds is 4. The van der Waals surface area contributed by atoms with Gasteiger partial charge in [0, 0.05) is 0 Å². The Balaban J connectivity index is 2.53. The van der Waals surface area contributed by atoms with Crippen LogP contribution in [0.3, 0.4) is 0 Å². The fraction of sp³-hybridized carbons (Fsp3) is 0.312. The van der Waals surface area contributed by atoms with E-state index in [1.54, 1.807) is 10.8 Å². The molecule has 0 unspecified atom stereocenters. The van der Waals surface area contributed by atoms with Crippen LogP contribution < -0.4 is 0 Å². The van der Waals surface area contributed by atoms with E-state index in [0.29, 0.717) is 11.6 Å². The summed E-state index contributed by atoms with van der Waals surface area (Å²) >= 11 is 0. The summed E-state index contributed by atoms with van der Waals surface area (Å²) in [6.45, 7) is 8.07. The minimum Gasteiger partial charge on any atom is -0.476 e. The number of allylic oxidation sites excluding steroid dienone is 1. The molecule has 0 aliphatic carbocycles. The highest BCUT2D eigenvalue weighted by atomic mass is 16.4. The lowest BCUT2D eigenvalue weighted by molar-refractivity contribution is 0.0690. The van der Waals surface area contributed by atoms with Gasteiger partial charge in [0.2, 0.25) is 0 Å². The molecule has 0 aliphatic heterocycles. The summed E-state index contributed by atoms with van der Waals surface area (Å²) in [5.41, 5.74) is 3.46. The second-order valence-electron chi connectivity index (χ2n) is 5.51. The van der Waals surface area contributed by atoms with Crippen molar-refractivity contribution in [3.05, 3.63) is 46.8 Å². The molecule has 1 N–H and O–H groups in total. The van der Waals surface area contributed by atoms with Crippen LogP contribution in [0.25, 0.3) is 11.8 Å². The van der Waals surface area contributed by atoms with Crippen molar-refractivity contribution in [2.45, 2.75) is 33.6 Å². The molecule has 1 aromatic carbocycles. The Morgan fingerprint density at radius 1 is 1.24 bits per heavy atom. The number of carbonyl (C=O) groups is 1. The first-order valence-electron chi connectivity index (χ1n) is 6.84. The first kappa shape index (κ1) is 15.0. The van der Waals surface area contributed by atoms with Gasteiger partial charge in [-0.3, -0.25) is 0 Å². The van der Waals surface area contributed by atoms with E-state index in [9.17, 15) is 9.90 Å². The number of hydrogen-bond acceptors (Lipinski definition) is 3. The van der Waals surface area contributed by atoms with Crippen molar-refractivity contribution in [3.63, 3.8) is 0 Å². The molecule has 2 aromatic rings. The van der Waals surface area contributed by atoms with Crippen molar-refractivity contribution >= 4 is 12.0 Å². The van der Waals surface area contributed by atoms with Crippen molar-refractivity contribution < 1.29 is 9.90 Å². The zero-order valence-electron chi connectivity index (χ0n) is 12.7. The van der Waals surface area contributed by atoms with E-state index in [4.69, 9.17) is 0 Å². The summed E-state index contributed by atoms with van der Waals surface area (Å²) in [5.74, 6) is -0.630. The van der Waals surface area contributed by atoms with Gasteiger partial charge in [-0.25, -0.2) is 9.48 Å². The van der Waals surface area contributed by atoms with Crippen molar-refractivity contribution in [1.82, 2.24) is 15.0 Å². The molecule has 0 bridgehead atoms. The van der Waals surface area contributed by atoms with Crippen molar-refractivity contribution in [3.8, 4) is 5.69 Å². The molecule has 0 saturated carbocycles. The van der Waals surface area contributed by atoms with E-state index >= 15 is 0 Å². The van der Waals surface area contributed by atoms with Gasteiger partial charge in [-0.1, -0.05) is 36.8 Å². The molecule has 0 saturated heterocycles. The van der Waals surface area contributed by atoms with Crippen molar-refractivity contribution in [1.29, 1.82) is 0 Å². The van der Waals surface area contributed by atoms with Gasteiger partial charge in [0.15, 0.2) is 5.69 Å². The third kappa shape index (κ3) is 3.18. The smallest absolute Gasteiger partial charge is 0.358 e. The van der Waals surface area contributed by atoms with E-state index in [2.05, 4.69) is 24.2 Å². The average Bonchev–Trinajstić information content (AvgIpc) is 2.81. The molecule has 1 aromatic heterocycles. The second-order valence-corrected chi connectivity index (χ2v) is 5.51. The summed E-state index contributed by atoms with van der Waals surface area (Å²) in [5, 5.41) is 17.0. The van der Waals surface area contributed by atoms with Gasteiger partial charge in [-0.05, 0) is 43.5 Å². The minimum absolute atomic E-state index is 0.0378. The van der Waals surface area contributed by atoms with Crippen LogP contribution in [0.1, 0.15) is 55.4 Å². The molecule has 0 spiro atoms. The summed E-state index contributed by atoms with van der Waals surface area (Å²) in [7, 11) is 0. The van der Waals surface area contributed by atoms with Gasteiger partial charge in [-0.2, -0.15) is 0 Å². The Morgan fingerprint density at radius 3 is 2.33 bits per heavy atom. The number of aromatic nitrogens is 3. The summed E-state index contributed by atoms with van der Waals surface area (Å²) in [6.07, 6.45) is 1.78. The van der Waals surface area contributed by atoms with Gasteiger partial charge >= 0.3 is 5.97 Å². The molecule has 0 fully saturated rings. The topological polar surface area (TPSA) is 68.0 Å². The Bertz CT molecular complexity index is 678. The Hall–Kier alpha value is -2.43. The van der Waals surface area contributed by atoms with Crippen LogP contribution in [-0.4, -0.2) is 26.1 Å². The van der Waals surface area contributed by atoms with Crippen LogP contribution in [0.15, 0.2) is 29.8 Å². The first-order chi connectivity index (χ1) is 9.90. The molecule has 1 heterocycles. The Kier molecular flexibility index (Phi) is 4.21. The highest BCUT2D eigenvalue weighted by Crippen LogP contribution is 2.20. The summed E-state index contributed by atoms with van der Waals surface area (Å²) in [6, 6.07) is 7.90. The minimum atomic E-state index is -1.08. The lowest BCUT2D eigenvalue weighted by atomic mass is 10.0. The Labute approximate surface area is 123 Å². The number of hydrogen-bond donors (Lipinski definition) is 1. The van der Waals surface area contributed by atoms with Gasteiger partial charge in [0.1, 0.15) is 5.69 Å². The maximum atomic E-state index is 11.2. The third-order valence-electron chi connectivity index (χ3n) is 3.14. The van der Waals surface area contributed by atoms with Crippen molar-refractivity contribution in [2.75, 3.05) is 0 Å². The molecule has 2 rings (SSSR count). The molecular formula is C16H19N3O2. The van der Waals surface area contributed by atoms with Crippen LogP contribution in [0.4, 0.5) is 0 Å². The van der Waals surface area contributed by atoms with Crippen LogP contribution in [0, 0.1) is 0 Å². The van der Waals surface area contributed by atoms with E-state index in [1.807, 2.05) is 38.1 Å². The molecule has 21 heavy (non-hydrogen) atoms. The fourth-order valence-electron chi connectivity index (χ4n) is 2.04. The third-order valence-corrected chi connectivity index (χ3v) is 3.14. The Morgan fingerprint density at radius 2 is 1.86 bits per heavy atom. The van der Waals surface area contributed by atoms with Crippen LogP contribution in [-0.2, 0) is 0 Å². The van der Waals surface area contributed by atoms with E-state index in [1.165, 1.54) is 5.56 Å². The van der Waals surface area contributed by atoms with Crippen molar-refractivity contribution in [2.24, 2.45) is 0 Å². The number of nitrogens with zero attached hydrogens (tertiary/aromatic N) is 3. The maximum Gasteiger partial charge on any atom is 0.358 e. The van der Waals surface area contributed by atoms with E-state index in [-0.39, 0.29) is 5.69 Å². The van der Waals surface area contributed by atoms with Crippen LogP contribution in [0.5, 0.6) is 0 Å². The zero-order chi connectivity index (χ0) is 15.6. The molecule has 0 atom stereocenters. The highest BCUT2D eigenvalue weighted by molar-refractivity contribution is 5.89. The second kappa shape index (κ2) is 5.91. The summed E-state index contributed by atoms with van der Waals surface area (Å²) in [4.78, 5) is 11.2. The largest absolute Gasteiger partial charge is 0.476 e. The number of carboxylic acids is 1. The molecule has 5 heteroatoms. The molecule has 5 nitrogen and oxygen atoms in total. The maximum absolute atomic E-state index is 11.2. The first-order valence-corrected chi connectivity index (χ1v) is 6.84. The predicted molar refractivity (Wildman–Crippen MR) is 81.7 cm³/mol. The van der Waals surface area contributed by atoms with Gasteiger partial charge < -0.3 is 5.11 Å². The van der Waals surface area contributed by atoms with Crippen LogP contribution in [0.2, 0.25) is 0 Å². The lowest BCUT2D eigenvalue weighted by Crippen LogP contribution is -2.03. The molecule has 0 aliphatic rings. The fourth-order valence-corrected chi connectivity index (χ4v) is 2.04.